The van der Waals surface area contributed by atoms with Crippen LogP contribution in [0, 0.1) is 19.7 Å². The van der Waals surface area contributed by atoms with Crippen molar-refractivity contribution in [2.24, 2.45) is 0 Å². The summed E-state index contributed by atoms with van der Waals surface area (Å²) in [5.74, 6) is -0.545. The number of carbonyl (C=O) groups is 2. The Hall–Kier alpha value is -5.29. The molecule has 0 aliphatic carbocycles. The van der Waals surface area contributed by atoms with Gasteiger partial charge in [0.15, 0.2) is 5.82 Å². The van der Waals surface area contributed by atoms with Gasteiger partial charge < -0.3 is 25.6 Å². The zero-order valence-corrected chi connectivity index (χ0v) is 25.3. The molecule has 1 aliphatic rings. The van der Waals surface area contributed by atoms with E-state index in [0.29, 0.717) is 71.4 Å². The van der Waals surface area contributed by atoms with Crippen molar-refractivity contribution in [3.8, 4) is 0 Å². The van der Waals surface area contributed by atoms with Gasteiger partial charge >= 0.3 is 0 Å². The molecule has 10 nitrogen and oxygen atoms in total. The number of nitrogens with one attached hydrogen (secondary N) is 3. The minimum Gasteiger partial charge on any atom is -0.378 e. The van der Waals surface area contributed by atoms with E-state index >= 15 is 0 Å². The number of aryl methyl sites for hydroxylation is 2. The van der Waals surface area contributed by atoms with E-state index in [9.17, 15) is 14.0 Å². The number of rotatable bonds is 8. The van der Waals surface area contributed by atoms with E-state index in [4.69, 9.17) is 4.74 Å². The van der Waals surface area contributed by atoms with Gasteiger partial charge in [0.1, 0.15) is 17.7 Å². The lowest BCUT2D eigenvalue weighted by Gasteiger charge is -2.29. The van der Waals surface area contributed by atoms with Gasteiger partial charge in [-0.25, -0.2) is 13.9 Å². The summed E-state index contributed by atoms with van der Waals surface area (Å²) in [4.78, 5) is 33.1. The number of ether oxygens (including phenoxy) is 1. The predicted octanol–water partition coefficient (Wildman–Crippen LogP) is 5.81. The van der Waals surface area contributed by atoms with Crippen LogP contribution in [0.2, 0.25) is 0 Å². The Bertz CT molecular complexity index is 1870. The molecule has 230 valence electrons. The number of amides is 2. The highest BCUT2D eigenvalue weighted by Gasteiger charge is 2.21. The number of halogens is 1. The number of fused-ring (bicyclic) bond motifs is 1. The van der Waals surface area contributed by atoms with Crippen molar-refractivity contribution in [3.63, 3.8) is 0 Å². The van der Waals surface area contributed by atoms with Crippen molar-refractivity contribution in [1.29, 1.82) is 0 Å². The summed E-state index contributed by atoms with van der Waals surface area (Å²) >= 11 is 0. The maximum Gasteiger partial charge on any atom is 0.255 e. The van der Waals surface area contributed by atoms with Crippen LogP contribution in [-0.2, 0) is 4.74 Å². The number of aromatic nitrogens is 3. The van der Waals surface area contributed by atoms with Crippen LogP contribution in [0.25, 0.3) is 5.52 Å². The molecule has 1 fully saturated rings. The van der Waals surface area contributed by atoms with Gasteiger partial charge in [0, 0.05) is 41.9 Å². The maximum absolute atomic E-state index is 14.5. The number of benzene rings is 3. The van der Waals surface area contributed by atoms with Crippen molar-refractivity contribution in [2.45, 2.75) is 26.8 Å². The summed E-state index contributed by atoms with van der Waals surface area (Å²) < 4.78 is 21.5. The fourth-order valence-electron chi connectivity index (χ4n) is 5.46. The molecule has 6 rings (SSSR count). The van der Waals surface area contributed by atoms with Crippen molar-refractivity contribution < 1.29 is 18.7 Å². The van der Waals surface area contributed by atoms with Crippen LogP contribution in [-0.4, -0.2) is 52.7 Å². The summed E-state index contributed by atoms with van der Waals surface area (Å²) in [6.45, 7) is 8.15. The minimum atomic E-state index is -0.432. The molecule has 0 unspecified atom stereocenters. The molecule has 0 bridgehead atoms. The first-order valence-electron chi connectivity index (χ1n) is 14.8. The van der Waals surface area contributed by atoms with E-state index in [1.54, 1.807) is 28.9 Å². The van der Waals surface area contributed by atoms with Crippen LogP contribution in [0.4, 0.5) is 27.3 Å². The number of hydrogen-bond donors (Lipinski definition) is 3. The molecule has 0 radical (unpaired) electrons. The summed E-state index contributed by atoms with van der Waals surface area (Å²) in [5, 5.41) is 13.6. The van der Waals surface area contributed by atoms with Crippen LogP contribution < -0.4 is 20.9 Å². The number of morpholine rings is 1. The number of hydrogen-bond acceptors (Lipinski definition) is 7. The highest BCUT2D eigenvalue weighted by molar-refractivity contribution is 6.05. The molecule has 1 atom stereocenters. The van der Waals surface area contributed by atoms with Gasteiger partial charge in [0.25, 0.3) is 11.8 Å². The first-order chi connectivity index (χ1) is 21.8. The SMILES string of the molecule is Cc1ccc(C(=O)Nc2cc(F)cc(N3CCOCC3)c2)cc1Nc1ncnn2cc(C(=O)N[C@H](C)c3ccccc3)c(C)c12. The van der Waals surface area contributed by atoms with Gasteiger partial charge in [-0.3, -0.25) is 9.59 Å². The van der Waals surface area contributed by atoms with Crippen LogP contribution >= 0.6 is 0 Å². The molecule has 0 spiro atoms. The molecule has 2 aromatic heterocycles. The van der Waals surface area contributed by atoms with Gasteiger partial charge in [-0.2, -0.15) is 5.10 Å². The lowest BCUT2D eigenvalue weighted by Crippen LogP contribution is -2.36. The van der Waals surface area contributed by atoms with Gasteiger partial charge in [-0.1, -0.05) is 36.4 Å². The lowest BCUT2D eigenvalue weighted by molar-refractivity contribution is 0.0938. The van der Waals surface area contributed by atoms with Crippen molar-refractivity contribution in [1.82, 2.24) is 19.9 Å². The van der Waals surface area contributed by atoms with E-state index < -0.39 is 5.82 Å². The Balaban J connectivity index is 1.22. The van der Waals surface area contributed by atoms with E-state index in [2.05, 4.69) is 26.0 Å². The Labute approximate surface area is 260 Å². The average Bonchev–Trinajstić information content (AvgIpc) is 3.39. The number of nitrogens with zero attached hydrogens (tertiary/aromatic N) is 4. The summed E-state index contributed by atoms with van der Waals surface area (Å²) in [7, 11) is 0. The monoisotopic (exact) mass is 607 g/mol. The zero-order valence-electron chi connectivity index (χ0n) is 25.3. The Morgan fingerprint density at radius 1 is 0.978 bits per heavy atom. The molecule has 3 aromatic carbocycles. The molecule has 11 heteroatoms. The van der Waals surface area contributed by atoms with E-state index in [1.165, 1.54) is 18.5 Å². The summed E-state index contributed by atoms with van der Waals surface area (Å²) in [5.41, 5.74) is 5.81. The Kier molecular flexibility index (Phi) is 8.43. The fraction of sp³-hybridized carbons (Fsp3) is 0.235. The molecule has 3 heterocycles. The fourth-order valence-corrected chi connectivity index (χ4v) is 5.46. The summed E-state index contributed by atoms with van der Waals surface area (Å²) in [6.07, 6.45) is 3.09. The van der Waals surface area contributed by atoms with Crippen LogP contribution in [0.5, 0.6) is 0 Å². The van der Waals surface area contributed by atoms with Crippen molar-refractivity contribution >= 4 is 40.2 Å². The predicted molar refractivity (Wildman–Crippen MR) is 172 cm³/mol. The lowest BCUT2D eigenvalue weighted by atomic mass is 10.1. The molecular weight excluding hydrogens is 573 g/mol. The molecule has 45 heavy (non-hydrogen) atoms. The first-order valence-corrected chi connectivity index (χ1v) is 14.8. The Morgan fingerprint density at radius 3 is 2.53 bits per heavy atom. The smallest absolute Gasteiger partial charge is 0.255 e. The van der Waals surface area contributed by atoms with Gasteiger partial charge in [-0.15, -0.1) is 0 Å². The van der Waals surface area contributed by atoms with Crippen molar-refractivity contribution in [3.05, 3.63) is 113 Å². The first kappa shape index (κ1) is 29.8. The molecule has 1 aliphatic heterocycles. The molecule has 2 amide bonds. The van der Waals surface area contributed by atoms with Gasteiger partial charge in [-0.05, 0) is 67.8 Å². The minimum absolute atomic E-state index is 0.181. The third kappa shape index (κ3) is 6.48. The zero-order chi connectivity index (χ0) is 31.5. The quantitative estimate of drug-likeness (QED) is 0.204. The van der Waals surface area contributed by atoms with Gasteiger partial charge in [0.2, 0.25) is 0 Å². The van der Waals surface area contributed by atoms with Crippen LogP contribution in [0.15, 0.2) is 79.3 Å². The Morgan fingerprint density at radius 2 is 1.76 bits per heavy atom. The second-order valence-corrected chi connectivity index (χ2v) is 11.1. The van der Waals surface area contributed by atoms with Crippen LogP contribution in [0.3, 0.4) is 0 Å². The average molecular weight is 608 g/mol. The molecule has 1 saturated heterocycles. The molecule has 3 N–H and O–H groups in total. The summed E-state index contributed by atoms with van der Waals surface area (Å²) in [6, 6.07) is 19.4. The second kappa shape index (κ2) is 12.7. The maximum atomic E-state index is 14.5. The van der Waals surface area contributed by atoms with Crippen molar-refractivity contribution in [2.75, 3.05) is 41.8 Å². The highest BCUT2D eigenvalue weighted by Crippen LogP contribution is 2.29. The van der Waals surface area contributed by atoms with E-state index in [0.717, 1.165) is 11.1 Å². The number of anilines is 4. The molecular formula is C34H34FN7O3. The number of carbonyl (C=O) groups excluding carboxylic acids is 2. The van der Waals surface area contributed by atoms with E-state index in [-0.39, 0.29) is 17.9 Å². The molecule has 0 saturated carbocycles. The highest BCUT2D eigenvalue weighted by atomic mass is 19.1. The molecule has 5 aromatic rings. The van der Waals surface area contributed by atoms with Gasteiger partial charge in [0.05, 0.1) is 24.8 Å². The van der Waals surface area contributed by atoms with Crippen LogP contribution in [0.1, 0.15) is 50.4 Å². The normalized spacial score (nSPS) is 13.8. The largest absolute Gasteiger partial charge is 0.378 e. The van der Waals surface area contributed by atoms with E-state index in [1.807, 2.05) is 62.1 Å². The topological polar surface area (TPSA) is 113 Å². The standard InChI is InChI=1S/C34H34FN7O3/c1-21-9-10-25(33(43)39-27-16-26(35)17-28(18-27)41-11-13-45-14-12-41)15-30(21)40-32-31-22(2)29(19-42(31)37-20-36-32)34(44)38-23(3)24-7-5-4-6-8-24/h4-10,15-20,23H,11-14H2,1-3H3,(H,38,44)(H,39,43)(H,36,37,40)/t23-/m1/s1. The second-order valence-electron chi connectivity index (χ2n) is 11.1. The third-order valence-electron chi connectivity index (χ3n) is 7.99. The third-order valence-corrected chi connectivity index (χ3v) is 7.99.